The minimum absolute atomic E-state index is 0.0390. The second-order valence-electron chi connectivity index (χ2n) is 3.14. The number of amides is 1. The van der Waals surface area contributed by atoms with Crippen LogP contribution in [0.3, 0.4) is 0 Å². The van der Waals surface area contributed by atoms with Gasteiger partial charge in [-0.05, 0) is 5.92 Å². The number of nitrogens with zero attached hydrogens (tertiary/aromatic N) is 1. The van der Waals surface area contributed by atoms with Crippen molar-refractivity contribution in [1.82, 2.24) is 5.32 Å². The first-order valence-corrected chi connectivity index (χ1v) is 6.11. The van der Waals surface area contributed by atoms with E-state index >= 15 is 0 Å². The second-order valence-corrected chi connectivity index (χ2v) is 4.12. The lowest BCUT2D eigenvalue weighted by Gasteiger charge is -2.12. The Morgan fingerprint density at radius 2 is 2.14 bits per heavy atom. The molecule has 0 radical (unpaired) electrons. The average molecular weight is 214 g/mol. The van der Waals surface area contributed by atoms with Gasteiger partial charge in [0.2, 0.25) is 5.91 Å². The molecular weight excluding hydrogens is 196 g/mol. The van der Waals surface area contributed by atoms with Gasteiger partial charge in [0.05, 0.1) is 17.6 Å². The van der Waals surface area contributed by atoms with Crippen LogP contribution in [0.5, 0.6) is 0 Å². The molecule has 0 atom stereocenters. The Balaban J connectivity index is 3.48. The molecule has 0 bridgehead atoms. The number of nitrogens with one attached hydrogen (secondary N) is 1. The van der Waals surface area contributed by atoms with E-state index in [1.54, 1.807) is 0 Å². The zero-order valence-corrected chi connectivity index (χ0v) is 9.69. The molecular formula is C10H18N2OS. The molecule has 0 aliphatic heterocycles. The van der Waals surface area contributed by atoms with Gasteiger partial charge in [0.1, 0.15) is 0 Å². The van der Waals surface area contributed by atoms with E-state index in [9.17, 15) is 4.79 Å². The van der Waals surface area contributed by atoms with E-state index in [0.29, 0.717) is 17.4 Å². The molecule has 0 heterocycles. The van der Waals surface area contributed by atoms with Gasteiger partial charge in [0.25, 0.3) is 0 Å². The smallest absolute Gasteiger partial charge is 0.230 e. The van der Waals surface area contributed by atoms with Crippen molar-refractivity contribution in [2.45, 2.75) is 26.7 Å². The van der Waals surface area contributed by atoms with Gasteiger partial charge in [-0.1, -0.05) is 26.7 Å². The van der Waals surface area contributed by atoms with E-state index in [0.717, 1.165) is 19.4 Å². The Labute approximate surface area is 90.3 Å². The van der Waals surface area contributed by atoms with Crippen LogP contribution in [-0.4, -0.2) is 24.0 Å². The molecule has 0 saturated carbocycles. The molecule has 4 heteroatoms. The molecule has 0 fully saturated rings. The number of hydrogen-bond acceptors (Lipinski definition) is 3. The van der Waals surface area contributed by atoms with Crippen molar-refractivity contribution < 1.29 is 4.79 Å². The van der Waals surface area contributed by atoms with Gasteiger partial charge in [-0.25, -0.2) is 0 Å². The van der Waals surface area contributed by atoms with Crippen LogP contribution in [0.2, 0.25) is 0 Å². The summed E-state index contributed by atoms with van der Waals surface area (Å²) in [6.07, 6.45) is 2.20. The van der Waals surface area contributed by atoms with E-state index in [4.69, 9.17) is 5.26 Å². The third-order valence-corrected chi connectivity index (χ3v) is 2.94. The van der Waals surface area contributed by atoms with Crippen LogP contribution in [0.25, 0.3) is 0 Å². The highest BCUT2D eigenvalue weighted by Crippen LogP contribution is 2.05. The zero-order chi connectivity index (χ0) is 10.8. The molecule has 0 spiro atoms. The summed E-state index contributed by atoms with van der Waals surface area (Å²) in [5.41, 5.74) is 0. The van der Waals surface area contributed by atoms with Gasteiger partial charge in [-0.15, -0.1) is 11.8 Å². The van der Waals surface area contributed by atoms with Crippen LogP contribution in [0, 0.1) is 17.2 Å². The quantitative estimate of drug-likeness (QED) is 0.657. The van der Waals surface area contributed by atoms with Gasteiger partial charge in [0, 0.05) is 6.54 Å². The molecule has 0 aromatic heterocycles. The zero-order valence-electron chi connectivity index (χ0n) is 8.88. The predicted octanol–water partition coefficient (Wildman–Crippen LogP) is 1.80. The summed E-state index contributed by atoms with van der Waals surface area (Å²) in [5, 5.41) is 11.1. The summed E-state index contributed by atoms with van der Waals surface area (Å²) in [5.74, 6) is 1.41. The van der Waals surface area contributed by atoms with Crippen molar-refractivity contribution in [3.63, 3.8) is 0 Å². The van der Waals surface area contributed by atoms with Gasteiger partial charge >= 0.3 is 0 Å². The molecule has 80 valence electrons. The maximum Gasteiger partial charge on any atom is 0.230 e. The molecule has 0 aromatic rings. The summed E-state index contributed by atoms with van der Waals surface area (Å²) in [4.78, 5) is 11.2. The first-order valence-electron chi connectivity index (χ1n) is 4.95. The van der Waals surface area contributed by atoms with Crippen LogP contribution in [0.15, 0.2) is 0 Å². The number of hydrogen-bond donors (Lipinski definition) is 1. The van der Waals surface area contributed by atoms with Gasteiger partial charge in [0.15, 0.2) is 0 Å². The van der Waals surface area contributed by atoms with Crippen molar-refractivity contribution in [3.8, 4) is 6.07 Å². The Kier molecular flexibility index (Phi) is 8.45. The second kappa shape index (κ2) is 8.89. The van der Waals surface area contributed by atoms with Crippen molar-refractivity contribution in [2.24, 2.45) is 5.92 Å². The fourth-order valence-corrected chi connectivity index (χ4v) is 1.56. The summed E-state index contributed by atoms with van der Waals surface area (Å²) < 4.78 is 0. The molecule has 0 unspecified atom stereocenters. The maximum absolute atomic E-state index is 11.2. The standard InChI is InChI=1S/C10H18N2OS/c1-3-9(4-2)7-12-10(13)8-14-6-5-11/h9H,3-4,6-8H2,1-2H3,(H,12,13). The molecule has 0 saturated heterocycles. The molecule has 1 amide bonds. The molecule has 14 heavy (non-hydrogen) atoms. The lowest BCUT2D eigenvalue weighted by atomic mass is 10.0. The van der Waals surface area contributed by atoms with Gasteiger partial charge in [-0.3, -0.25) is 4.79 Å². The number of carbonyl (C=O) groups excluding carboxylic acids is 1. The van der Waals surface area contributed by atoms with Crippen LogP contribution in [0.1, 0.15) is 26.7 Å². The minimum Gasteiger partial charge on any atom is -0.355 e. The number of carbonyl (C=O) groups is 1. The molecule has 0 aromatic carbocycles. The van der Waals surface area contributed by atoms with Crippen molar-refractivity contribution in [2.75, 3.05) is 18.1 Å². The lowest BCUT2D eigenvalue weighted by molar-refractivity contribution is -0.118. The summed E-state index contributed by atoms with van der Waals surface area (Å²) in [6.45, 7) is 5.02. The van der Waals surface area contributed by atoms with Gasteiger partial charge in [-0.2, -0.15) is 5.26 Å². The number of thioether (sulfide) groups is 1. The third kappa shape index (κ3) is 6.79. The molecule has 3 nitrogen and oxygen atoms in total. The van der Waals surface area contributed by atoms with Crippen LogP contribution in [0.4, 0.5) is 0 Å². The first-order chi connectivity index (χ1) is 6.74. The fraction of sp³-hybridized carbons (Fsp3) is 0.800. The molecule has 0 aliphatic rings. The number of rotatable bonds is 7. The fourth-order valence-electron chi connectivity index (χ4n) is 1.08. The van der Waals surface area contributed by atoms with Crippen molar-refractivity contribution in [1.29, 1.82) is 5.26 Å². The Hall–Kier alpha value is -0.690. The Bertz CT molecular complexity index is 197. The third-order valence-electron chi connectivity index (χ3n) is 2.14. The lowest BCUT2D eigenvalue weighted by Crippen LogP contribution is -2.30. The van der Waals surface area contributed by atoms with Crippen LogP contribution in [-0.2, 0) is 4.79 Å². The topological polar surface area (TPSA) is 52.9 Å². The average Bonchev–Trinajstić information content (AvgIpc) is 2.20. The van der Waals surface area contributed by atoms with Crippen molar-refractivity contribution in [3.05, 3.63) is 0 Å². The van der Waals surface area contributed by atoms with E-state index in [1.807, 2.05) is 6.07 Å². The van der Waals surface area contributed by atoms with Gasteiger partial charge < -0.3 is 5.32 Å². The van der Waals surface area contributed by atoms with E-state index in [1.165, 1.54) is 11.8 Å². The Morgan fingerprint density at radius 3 is 2.64 bits per heavy atom. The molecule has 0 aliphatic carbocycles. The molecule has 1 N–H and O–H groups in total. The maximum atomic E-state index is 11.2. The number of nitriles is 1. The van der Waals surface area contributed by atoms with E-state index in [2.05, 4.69) is 19.2 Å². The monoisotopic (exact) mass is 214 g/mol. The largest absolute Gasteiger partial charge is 0.355 e. The summed E-state index contributed by atoms with van der Waals surface area (Å²) in [6, 6.07) is 1.99. The highest BCUT2D eigenvalue weighted by Gasteiger charge is 2.05. The summed E-state index contributed by atoms with van der Waals surface area (Å²) >= 11 is 1.36. The molecule has 0 rings (SSSR count). The first kappa shape index (κ1) is 13.3. The van der Waals surface area contributed by atoms with Crippen molar-refractivity contribution >= 4 is 17.7 Å². The van der Waals surface area contributed by atoms with E-state index < -0.39 is 0 Å². The highest BCUT2D eigenvalue weighted by atomic mass is 32.2. The van der Waals surface area contributed by atoms with Crippen LogP contribution >= 0.6 is 11.8 Å². The predicted molar refractivity (Wildman–Crippen MR) is 60.0 cm³/mol. The normalized spacial score (nSPS) is 9.86. The Morgan fingerprint density at radius 1 is 1.50 bits per heavy atom. The summed E-state index contributed by atoms with van der Waals surface area (Å²) in [7, 11) is 0. The van der Waals surface area contributed by atoms with Crippen LogP contribution < -0.4 is 5.32 Å². The SMILES string of the molecule is CCC(CC)CNC(=O)CSCC#N. The highest BCUT2D eigenvalue weighted by molar-refractivity contribution is 8.00. The van der Waals surface area contributed by atoms with E-state index in [-0.39, 0.29) is 5.91 Å². The minimum atomic E-state index is 0.0390.